The number of benzene rings is 2. The van der Waals surface area contributed by atoms with Crippen LogP contribution in [-0.2, 0) is 27.7 Å². The number of sulfonamides is 1. The minimum atomic E-state index is -3.67. The predicted octanol–water partition coefficient (Wildman–Crippen LogP) is 2.01. The van der Waals surface area contributed by atoms with Crippen molar-refractivity contribution in [1.29, 1.82) is 0 Å². The van der Waals surface area contributed by atoms with Gasteiger partial charge in [0.05, 0.1) is 17.9 Å². The molecule has 0 aromatic heterocycles. The molecule has 8 heteroatoms. The monoisotopic (exact) mass is 416 g/mol. The highest BCUT2D eigenvalue weighted by Crippen LogP contribution is 2.34. The van der Waals surface area contributed by atoms with Crippen molar-refractivity contribution in [3.63, 3.8) is 0 Å². The summed E-state index contributed by atoms with van der Waals surface area (Å²) in [5.41, 5.74) is 2.50. The fourth-order valence-electron chi connectivity index (χ4n) is 4.17. The third kappa shape index (κ3) is 3.70. The van der Waals surface area contributed by atoms with E-state index in [1.54, 1.807) is 19.2 Å². The second-order valence-electron chi connectivity index (χ2n) is 7.43. The number of anilines is 1. The molecule has 2 aromatic rings. The van der Waals surface area contributed by atoms with Gasteiger partial charge in [-0.15, -0.1) is 0 Å². The van der Waals surface area contributed by atoms with E-state index in [4.69, 9.17) is 4.74 Å². The number of hydrogen-bond acceptors (Lipinski definition) is 5. The third-order valence-corrected chi connectivity index (χ3v) is 7.75. The van der Waals surface area contributed by atoms with Gasteiger partial charge in [-0.25, -0.2) is 8.42 Å². The van der Waals surface area contributed by atoms with Crippen molar-refractivity contribution < 1.29 is 23.1 Å². The molecule has 0 bridgehead atoms. The summed E-state index contributed by atoms with van der Waals surface area (Å²) in [7, 11) is -2.04. The molecule has 1 aliphatic carbocycles. The van der Waals surface area contributed by atoms with Gasteiger partial charge in [-0.1, -0.05) is 18.2 Å². The molecule has 0 radical (unpaired) electrons. The zero-order valence-corrected chi connectivity index (χ0v) is 17.1. The number of carboxylic acids is 1. The summed E-state index contributed by atoms with van der Waals surface area (Å²) in [6, 6.07) is 12.9. The Kier molecular flexibility index (Phi) is 5.23. The minimum Gasteiger partial charge on any atom is -0.497 e. The maximum absolute atomic E-state index is 13.3. The van der Waals surface area contributed by atoms with E-state index in [0.29, 0.717) is 38.2 Å². The molecule has 7 nitrogen and oxygen atoms in total. The van der Waals surface area contributed by atoms with Crippen LogP contribution in [0.25, 0.3) is 0 Å². The van der Waals surface area contributed by atoms with Crippen LogP contribution in [0.5, 0.6) is 5.75 Å². The molecule has 1 heterocycles. The molecule has 1 unspecified atom stereocenters. The first kappa shape index (κ1) is 19.7. The van der Waals surface area contributed by atoms with Gasteiger partial charge in [-0.3, -0.25) is 4.79 Å². The summed E-state index contributed by atoms with van der Waals surface area (Å²) < 4.78 is 33.4. The Hall–Kier alpha value is -2.58. The lowest BCUT2D eigenvalue weighted by Gasteiger charge is -2.35. The first-order chi connectivity index (χ1) is 13.9. The zero-order valence-electron chi connectivity index (χ0n) is 16.2. The van der Waals surface area contributed by atoms with E-state index in [2.05, 4.69) is 4.90 Å². The zero-order chi connectivity index (χ0) is 20.6. The van der Waals surface area contributed by atoms with Crippen LogP contribution < -0.4 is 9.64 Å². The van der Waals surface area contributed by atoms with Gasteiger partial charge in [0, 0.05) is 37.9 Å². The number of piperazine rings is 1. The summed E-state index contributed by atoms with van der Waals surface area (Å²) >= 11 is 0. The average molecular weight is 416 g/mol. The Morgan fingerprint density at radius 2 is 1.79 bits per heavy atom. The molecule has 4 rings (SSSR count). The van der Waals surface area contributed by atoms with Crippen LogP contribution in [0.3, 0.4) is 0 Å². The second-order valence-corrected chi connectivity index (χ2v) is 9.34. The minimum absolute atomic E-state index is 0.258. The summed E-state index contributed by atoms with van der Waals surface area (Å²) in [5, 5.41) is 9.33. The Morgan fingerprint density at radius 3 is 2.48 bits per heavy atom. The molecule has 154 valence electrons. The number of aliphatic carboxylic acids is 1. The maximum Gasteiger partial charge on any atom is 0.307 e. The van der Waals surface area contributed by atoms with Crippen LogP contribution in [0.4, 0.5) is 5.69 Å². The summed E-state index contributed by atoms with van der Waals surface area (Å²) in [6.07, 6.45) is 0.654. The van der Waals surface area contributed by atoms with Crippen LogP contribution in [0.2, 0.25) is 0 Å². The molecular formula is C21H24N2O5S. The number of hydrogen-bond donors (Lipinski definition) is 1. The third-order valence-electron chi connectivity index (χ3n) is 5.77. The van der Waals surface area contributed by atoms with Gasteiger partial charge in [-0.2, -0.15) is 4.31 Å². The van der Waals surface area contributed by atoms with Crippen LogP contribution in [-0.4, -0.2) is 57.1 Å². The molecular weight excluding hydrogens is 392 g/mol. The number of fused-ring (bicyclic) bond motifs is 1. The lowest BCUT2D eigenvalue weighted by molar-refractivity contribution is -0.141. The van der Waals surface area contributed by atoms with Crippen molar-refractivity contribution in [2.24, 2.45) is 5.92 Å². The first-order valence-electron chi connectivity index (χ1n) is 9.63. The smallest absolute Gasteiger partial charge is 0.307 e. The molecule has 1 atom stereocenters. The van der Waals surface area contributed by atoms with Gasteiger partial charge < -0.3 is 14.7 Å². The van der Waals surface area contributed by atoms with Crippen LogP contribution in [0, 0.1) is 5.92 Å². The van der Waals surface area contributed by atoms with E-state index < -0.39 is 21.9 Å². The van der Waals surface area contributed by atoms with E-state index in [1.165, 1.54) is 4.31 Å². The fraction of sp³-hybridized carbons (Fsp3) is 0.381. The van der Waals surface area contributed by atoms with Gasteiger partial charge in [0.15, 0.2) is 0 Å². The van der Waals surface area contributed by atoms with Crippen molar-refractivity contribution in [1.82, 2.24) is 4.31 Å². The highest BCUT2D eigenvalue weighted by atomic mass is 32.2. The Balaban J connectivity index is 1.52. The second kappa shape index (κ2) is 7.68. The number of nitrogens with zero attached hydrogens (tertiary/aromatic N) is 2. The molecule has 2 aromatic carbocycles. The molecule has 0 amide bonds. The Bertz CT molecular complexity index is 1030. The molecule has 2 aliphatic rings. The van der Waals surface area contributed by atoms with Crippen molar-refractivity contribution >= 4 is 21.7 Å². The van der Waals surface area contributed by atoms with Crippen molar-refractivity contribution in [2.45, 2.75) is 17.7 Å². The SMILES string of the molecule is COc1cccc(N2CCN(S(=O)(=O)c3cccc4c3CC(C(=O)O)C4)CC2)c1. The van der Waals surface area contributed by atoms with E-state index >= 15 is 0 Å². The first-order valence-corrected chi connectivity index (χ1v) is 11.1. The summed E-state index contributed by atoms with van der Waals surface area (Å²) in [6.45, 7) is 1.93. The molecule has 1 saturated heterocycles. The largest absolute Gasteiger partial charge is 0.497 e. The topological polar surface area (TPSA) is 87.2 Å². The molecule has 0 spiro atoms. The number of carbonyl (C=O) groups is 1. The van der Waals surface area contributed by atoms with Crippen LogP contribution in [0.1, 0.15) is 11.1 Å². The van der Waals surface area contributed by atoms with Gasteiger partial charge >= 0.3 is 5.97 Å². The standard InChI is InChI=1S/C21H24N2O5S/c1-28-18-6-3-5-17(14-18)22-8-10-23(11-9-22)29(26,27)20-7-2-4-15-12-16(21(24)25)13-19(15)20/h2-7,14,16H,8-13H2,1H3,(H,24,25). The van der Waals surface area contributed by atoms with E-state index in [0.717, 1.165) is 17.0 Å². The quantitative estimate of drug-likeness (QED) is 0.802. The highest BCUT2D eigenvalue weighted by Gasteiger charge is 2.35. The van der Waals surface area contributed by atoms with Gasteiger partial charge in [-0.05, 0) is 42.2 Å². The molecule has 29 heavy (non-hydrogen) atoms. The van der Waals surface area contributed by atoms with Gasteiger partial charge in [0.1, 0.15) is 5.75 Å². The summed E-state index contributed by atoms with van der Waals surface area (Å²) in [5.74, 6) is -0.659. The average Bonchev–Trinajstić information content (AvgIpc) is 3.18. The van der Waals surface area contributed by atoms with Gasteiger partial charge in [0.25, 0.3) is 0 Å². The number of ether oxygens (including phenoxy) is 1. The van der Waals surface area contributed by atoms with E-state index in [1.807, 2.05) is 30.3 Å². The van der Waals surface area contributed by atoms with Crippen LogP contribution >= 0.6 is 0 Å². The fourth-order valence-corrected chi connectivity index (χ4v) is 5.87. The molecule has 1 N–H and O–H groups in total. The Labute approximate surface area is 170 Å². The van der Waals surface area contributed by atoms with Crippen molar-refractivity contribution in [3.05, 3.63) is 53.6 Å². The lowest BCUT2D eigenvalue weighted by atomic mass is 10.1. The van der Waals surface area contributed by atoms with Crippen LogP contribution in [0.15, 0.2) is 47.4 Å². The van der Waals surface area contributed by atoms with E-state index in [9.17, 15) is 18.3 Å². The summed E-state index contributed by atoms with van der Waals surface area (Å²) in [4.78, 5) is 13.8. The number of rotatable bonds is 5. The lowest BCUT2D eigenvalue weighted by Crippen LogP contribution is -2.48. The van der Waals surface area contributed by atoms with Crippen molar-refractivity contribution in [3.8, 4) is 5.75 Å². The van der Waals surface area contributed by atoms with E-state index in [-0.39, 0.29) is 11.3 Å². The van der Waals surface area contributed by atoms with Crippen molar-refractivity contribution in [2.75, 3.05) is 38.2 Å². The number of carboxylic acid groups (broad SMARTS) is 1. The Morgan fingerprint density at radius 1 is 1.07 bits per heavy atom. The highest BCUT2D eigenvalue weighted by molar-refractivity contribution is 7.89. The predicted molar refractivity (Wildman–Crippen MR) is 109 cm³/mol. The molecule has 0 saturated carbocycles. The normalized spacial score (nSPS) is 19.8. The molecule has 1 aliphatic heterocycles. The molecule has 1 fully saturated rings. The maximum atomic E-state index is 13.3. The number of methoxy groups -OCH3 is 1. The van der Waals surface area contributed by atoms with Gasteiger partial charge in [0.2, 0.25) is 10.0 Å².